The van der Waals surface area contributed by atoms with E-state index in [2.05, 4.69) is 10.6 Å². The van der Waals surface area contributed by atoms with Crippen molar-refractivity contribution in [2.45, 2.75) is 26.4 Å². The van der Waals surface area contributed by atoms with Gasteiger partial charge in [-0.1, -0.05) is 13.8 Å². The fourth-order valence-corrected chi connectivity index (χ4v) is 1.75. The van der Waals surface area contributed by atoms with Crippen LogP contribution in [0, 0.1) is 5.92 Å². The molecule has 0 aliphatic heterocycles. The number of aryl methyl sites for hydroxylation is 1. The minimum absolute atomic E-state index is 0.250. The Bertz CT molecular complexity index is 454. The quantitative estimate of drug-likeness (QED) is 0.657. The predicted octanol–water partition coefficient (Wildman–Crippen LogP) is 0.337. The second-order valence-electron chi connectivity index (χ2n) is 5.21. The standard InChI is InChI=1S/C14H23N3O3/c1-10(2)9-16-14(20)13(19)15-7-6-12(18)11-5-4-8-17(11)3/h4-5,8,10,12,18H,6-7,9H2,1-3H3,(H,15,19)(H,16,20). The van der Waals surface area contributed by atoms with Gasteiger partial charge in [0.2, 0.25) is 0 Å². The summed E-state index contributed by atoms with van der Waals surface area (Å²) in [5.41, 5.74) is 0.781. The Hall–Kier alpha value is -1.82. The Labute approximate surface area is 119 Å². The minimum Gasteiger partial charge on any atom is -0.387 e. The highest BCUT2D eigenvalue weighted by atomic mass is 16.3. The summed E-state index contributed by atoms with van der Waals surface area (Å²) >= 11 is 0. The van der Waals surface area contributed by atoms with Crippen LogP contribution < -0.4 is 10.6 Å². The van der Waals surface area contributed by atoms with Crippen molar-refractivity contribution in [3.05, 3.63) is 24.0 Å². The molecule has 6 heteroatoms. The topological polar surface area (TPSA) is 83.4 Å². The number of carbonyl (C=O) groups excluding carboxylic acids is 2. The Morgan fingerprint density at radius 2 is 1.95 bits per heavy atom. The molecule has 2 amide bonds. The molecule has 1 aromatic heterocycles. The van der Waals surface area contributed by atoms with Gasteiger partial charge in [0.15, 0.2) is 0 Å². The first-order valence-corrected chi connectivity index (χ1v) is 6.77. The Balaban J connectivity index is 2.28. The highest BCUT2D eigenvalue weighted by Crippen LogP contribution is 2.15. The molecule has 0 aliphatic rings. The zero-order valence-corrected chi connectivity index (χ0v) is 12.2. The summed E-state index contributed by atoms with van der Waals surface area (Å²) < 4.78 is 1.82. The lowest BCUT2D eigenvalue weighted by Crippen LogP contribution is -2.41. The number of rotatable bonds is 6. The van der Waals surface area contributed by atoms with Gasteiger partial charge in [0, 0.05) is 32.0 Å². The van der Waals surface area contributed by atoms with Gasteiger partial charge >= 0.3 is 11.8 Å². The van der Waals surface area contributed by atoms with Crippen LogP contribution in [0.5, 0.6) is 0 Å². The normalized spacial score (nSPS) is 12.2. The molecule has 0 radical (unpaired) electrons. The van der Waals surface area contributed by atoms with E-state index in [-0.39, 0.29) is 6.54 Å². The van der Waals surface area contributed by atoms with Crippen molar-refractivity contribution >= 4 is 11.8 Å². The smallest absolute Gasteiger partial charge is 0.309 e. The molecular formula is C14H23N3O3. The first-order chi connectivity index (χ1) is 9.41. The molecule has 1 atom stereocenters. The van der Waals surface area contributed by atoms with Crippen LogP contribution in [0.1, 0.15) is 32.1 Å². The summed E-state index contributed by atoms with van der Waals surface area (Å²) in [5.74, 6) is -0.997. The largest absolute Gasteiger partial charge is 0.387 e. The van der Waals surface area contributed by atoms with Gasteiger partial charge in [0.1, 0.15) is 0 Å². The van der Waals surface area contributed by atoms with Crippen LogP contribution in [0.15, 0.2) is 18.3 Å². The van der Waals surface area contributed by atoms with Crippen LogP contribution in [0.2, 0.25) is 0 Å². The number of nitrogens with one attached hydrogen (secondary N) is 2. The molecule has 1 unspecified atom stereocenters. The number of aromatic nitrogens is 1. The van der Waals surface area contributed by atoms with E-state index in [1.807, 2.05) is 43.8 Å². The molecule has 20 heavy (non-hydrogen) atoms. The molecule has 0 bridgehead atoms. The molecule has 0 saturated carbocycles. The van der Waals surface area contributed by atoms with Gasteiger partial charge in [-0.3, -0.25) is 9.59 Å². The van der Waals surface area contributed by atoms with Crippen LogP contribution in [-0.4, -0.2) is 34.6 Å². The molecule has 0 aliphatic carbocycles. The lowest BCUT2D eigenvalue weighted by atomic mass is 10.2. The molecule has 112 valence electrons. The molecule has 1 aromatic rings. The van der Waals surface area contributed by atoms with Crippen molar-refractivity contribution in [1.29, 1.82) is 0 Å². The third-order valence-corrected chi connectivity index (χ3v) is 2.91. The van der Waals surface area contributed by atoms with E-state index in [4.69, 9.17) is 0 Å². The molecular weight excluding hydrogens is 258 g/mol. The van der Waals surface area contributed by atoms with Crippen LogP contribution in [0.4, 0.5) is 0 Å². The maximum atomic E-state index is 11.5. The van der Waals surface area contributed by atoms with E-state index in [0.717, 1.165) is 5.69 Å². The summed E-state index contributed by atoms with van der Waals surface area (Å²) in [5, 5.41) is 15.0. The average molecular weight is 281 g/mol. The number of nitrogens with zero attached hydrogens (tertiary/aromatic N) is 1. The summed E-state index contributed by atoms with van der Waals surface area (Å²) in [6.07, 6.45) is 1.55. The zero-order chi connectivity index (χ0) is 15.1. The van der Waals surface area contributed by atoms with Crippen molar-refractivity contribution in [3.8, 4) is 0 Å². The second kappa shape index (κ2) is 7.69. The highest BCUT2D eigenvalue weighted by molar-refractivity contribution is 6.35. The summed E-state index contributed by atoms with van der Waals surface area (Å²) in [6, 6.07) is 3.67. The molecule has 1 heterocycles. The van der Waals surface area contributed by atoms with Crippen molar-refractivity contribution in [2.75, 3.05) is 13.1 Å². The summed E-state index contributed by atoms with van der Waals surface area (Å²) in [7, 11) is 1.84. The third-order valence-electron chi connectivity index (χ3n) is 2.91. The van der Waals surface area contributed by atoms with Crippen molar-refractivity contribution in [1.82, 2.24) is 15.2 Å². The fourth-order valence-electron chi connectivity index (χ4n) is 1.75. The van der Waals surface area contributed by atoms with E-state index in [9.17, 15) is 14.7 Å². The number of carbonyl (C=O) groups is 2. The van der Waals surface area contributed by atoms with E-state index in [1.165, 1.54) is 0 Å². The minimum atomic E-state index is -0.662. The van der Waals surface area contributed by atoms with Gasteiger partial charge in [-0.2, -0.15) is 0 Å². The number of aliphatic hydroxyl groups is 1. The van der Waals surface area contributed by atoms with Gasteiger partial charge in [-0.25, -0.2) is 0 Å². The summed E-state index contributed by atoms with van der Waals surface area (Å²) in [4.78, 5) is 22.9. The first-order valence-electron chi connectivity index (χ1n) is 6.77. The van der Waals surface area contributed by atoms with E-state index < -0.39 is 17.9 Å². The van der Waals surface area contributed by atoms with Crippen molar-refractivity contribution < 1.29 is 14.7 Å². The maximum Gasteiger partial charge on any atom is 0.309 e. The van der Waals surface area contributed by atoms with Gasteiger partial charge in [-0.05, 0) is 24.5 Å². The molecule has 0 saturated heterocycles. The average Bonchev–Trinajstić information content (AvgIpc) is 2.81. The van der Waals surface area contributed by atoms with Crippen molar-refractivity contribution in [3.63, 3.8) is 0 Å². The lowest BCUT2D eigenvalue weighted by molar-refractivity contribution is -0.139. The second-order valence-corrected chi connectivity index (χ2v) is 5.21. The van der Waals surface area contributed by atoms with E-state index in [0.29, 0.717) is 18.9 Å². The molecule has 0 aromatic carbocycles. The molecule has 6 nitrogen and oxygen atoms in total. The van der Waals surface area contributed by atoms with Gasteiger partial charge in [0.05, 0.1) is 6.10 Å². The highest BCUT2D eigenvalue weighted by Gasteiger charge is 2.15. The molecule has 3 N–H and O–H groups in total. The predicted molar refractivity (Wildman–Crippen MR) is 75.8 cm³/mol. The van der Waals surface area contributed by atoms with Crippen LogP contribution in [0.25, 0.3) is 0 Å². The van der Waals surface area contributed by atoms with Gasteiger partial charge in [0.25, 0.3) is 0 Å². The Kier molecular flexibility index (Phi) is 6.24. The van der Waals surface area contributed by atoms with Gasteiger partial charge < -0.3 is 20.3 Å². The van der Waals surface area contributed by atoms with E-state index >= 15 is 0 Å². The molecule has 0 spiro atoms. The Morgan fingerprint density at radius 3 is 2.50 bits per heavy atom. The molecule has 1 rings (SSSR count). The lowest BCUT2D eigenvalue weighted by Gasteiger charge is -2.12. The number of aliphatic hydroxyl groups excluding tert-OH is 1. The number of hydrogen-bond donors (Lipinski definition) is 3. The SMILES string of the molecule is CC(C)CNC(=O)C(=O)NCCC(O)c1cccn1C. The monoisotopic (exact) mass is 281 g/mol. The van der Waals surface area contributed by atoms with Crippen molar-refractivity contribution in [2.24, 2.45) is 13.0 Å². The summed E-state index contributed by atoms with van der Waals surface area (Å²) in [6.45, 7) is 4.63. The maximum absolute atomic E-state index is 11.5. The fraction of sp³-hybridized carbons (Fsp3) is 0.571. The zero-order valence-electron chi connectivity index (χ0n) is 12.2. The molecule has 0 fully saturated rings. The number of amides is 2. The van der Waals surface area contributed by atoms with E-state index in [1.54, 1.807) is 0 Å². The number of hydrogen-bond acceptors (Lipinski definition) is 3. The first kappa shape index (κ1) is 16.2. The van der Waals surface area contributed by atoms with Crippen LogP contribution >= 0.6 is 0 Å². The van der Waals surface area contributed by atoms with Crippen LogP contribution in [0.3, 0.4) is 0 Å². The Morgan fingerprint density at radius 1 is 1.30 bits per heavy atom. The van der Waals surface area contributed by atoms with Crippen LogP contribution in [-0.2, 0) is 16.6 Å². The van der Waals surface area contributed by atoms with Gasteiger partial charge in [-0.15, -0.1) is 0 Å². The third kappa shape index (κ3) is 5.05.